The van der Waals surface area contributed by atoms with Gasteiger partial charge in [0.05, 0.1) is 0 Å². The molecular formula is C52H74N2O2. The van der Waals surface area contributed by atoms with Gasteiger partial charge in [-0.1, -0.05) is 153 Å². The van der Waals surface area contributed by atoms with Crippen LogP contribution in [0.3, 0.4) is 0 Å². The maximum atomic E-state index is 6.48. The number of nitrogen functional groups attached to an aromatic ring is 2. The highest BCUT2D eigenvalue weighted by atomic mass is 16.5. The van der Waals surface area contributed by atoms with Crippen LogP contribution in [0.2, 0.25) is 0 Å². The third-order valence-corrected chi connectivity index (χ3v) is 12.5. The lowest BCUT2D eigenvalue weighted by molar-refractivity contribution is 0.240. The normalized spacial score (nSPS) is 15.2. The van der Waals surface area contributed by atoms with Gasteiger partial charge in [0.2, 0.25) is 0 Å². The fourth-order valence-electron chi connectivity index (χ4n) is 9.39. The number of ether oxygens (including phenoxy) is 2. The summed E-state index contributed by atoms with van der Waals surface area (Å²) in [5, 5.41) is 0. The molecule has 4 nitrogen and oxygen atoms in total. The van der Waals surface area contributed by atoms with Crippen molar-refractivity contribution < 1.29 is 9.47 Å². The minimum atomic E-state index is -0.0670. The van der Waals surface area contributed by atoms with Crippen LogP contribution < -0.4 is 20.9 Å². The van der Waals surface area contributed by atoms with Crippen molar-refractivity contribution >= 4 is 11.4 Å². The zero-order valence-electron chi connectivity index (χ0n) is 35.8. The van der Waals surface area contributed by atoms with Crippen LogP contribution in [-0.4, -0.2) is 0 Å². The molecule has 5 rings (SSSR count). The number of benzene rings is 4. The molecule has 1 saturated carbocycles. The van der Waals surface area contributed by atoms with Crippen molar-refractivity contribution in [3.63, 3.8) is 0 Å². The Bertz CT molecular complexity index is 1610. The van der Waals surface area contributed by atoms with Crippen molar-refractivity contribution in [3.8, 4) is 23.0 Å². The molecule has 4 aromatic carbocycles. The lowest BCUT2D eigenvalue weighted by atomic mass is 9.61. The first-order valence-electron chi connectivity index (χ1n) is 22.5. The van der Waals surface area contributed by atoms with Crippen LogP contribution in [0, 0.1) is 33.6 Å². The predicted molar refractivity (Wildman–Crippen MR) is 241 cm³/mol. The zero-order valence-corrected chi connectivity index (χ0v) is 35.8. The number of nitrogens with two attached hydrogens (primary N) is 2. The molecule has 56 heavy (non-hydrogen) atoms. The molecule has 0 radical (unpaired) electrons. The van der Waals surface area contributed by atoms with E-state index >= 15 is 0 Å². The van der Waals surface area contributed by atoms with Gasteiger partial charge in [-0.3, -0.25) is 0 Å². The molecule has 0 aliphatic heterocycles. The van der Waals surface area contributed by atoms with Crippen molar-refractivity contribution in [1.82, 2.24) is 0 Å². The smallest absolute Gasteiger partial charge is 0.133 e. The summed E-state index contributed by atoms with van der Waals surface area (Å²) in [4.78, 5) is 0. The summed E-state index contributed by atoms with van der Waals surface area (Å²) < 4.78 is 13.0. The largest absolute Gasteiger partial charge is 0.457 e. The quantitative estimate of drug-likeness (QED) is 0.0584. The van der Waals surface area contributed by atoms with E-state index in [0.717, 1.165) is 40.8 Å². The highest BCUT2D eigenvalue weighted by molar-refractivity contribution is 5.55. The van der Waals surface area contributed by atoms with Gasteiger partial charge in [0, 0.05) is 16.8 Å². The first kappa shape index (κ1) is 43.2. The standard InChI is InChI=1S/C52H74N2O2/c1-6-7-8-9-10-11-12-13-14-15-16-17-18-19-20-21-23-43-24-22-33-52(38-43,44-34-39(2)50(40(3)35-44)55-48-29-25-46(53)26-30-48)45-36-41(4)51(42(5)37-45)56-49-31-27-47(54)28-32-49/h25-32,34-37,43H,6-24,33,38,53-54H2,1-5H3. The Balaban J connectivity index is 1.23. The minimum Gasteiger partial charge on any atom is -0.457 e. The Kier molecular flexibility index (Phi) is 17.1. The molecule has 0 spiro atoms. The molecule has 0 saturated heterocycles. The summed E-state index contributed by atoms with van der Waals surface area (Å²) in [5.74, 6) is 4.22. The van der Waals surface area contributed by atoms with Crippen molar-refractivity contribution in [1.29, 1.82) is 0 Å². The number of unbranched alkanes of at least 4 members (excludes halogenated alkanes) is 15. The van der Waals surface area contributed by atoms with Gasteiger partial charge in [0.15, 0.2) is 0 Å². The number of hydrogen-bond acceptors (Lipinski definition) is 4. The molecule has 0 bridgehead atoms. The monoisotopic (exact) mass is 759 g/mol. The Morgan fingerprint density at radius 2 is 0.875 bits per heavy atom. The maximum absolute atomic E-state index is 6.48. The Morgan fingerprint density at radius 1 is 0.518 bits per heavy atom. The SMILES string of the molecule is CCCCCCCCCCCCCCCCCCC1CCCC(c2cc(C)c(Oc3ccc(N)cc3)c(C)c2)(c2cc(C)c(Oc3ccc(N)cc3)c(C)c2)C1. The van der Waals surface area contributed by atoms with Gasteiger partial charge >= 0.3 is 0 Å². The zero-order chi connectivity index (χ0) is 39.8. The van der Waals surface area contributed by atoms with E-state index in [1.807, 2.05) is 48.5 Å². The van der Waals surface area contributed by atoms with E-state index in [0.29, 0.717) is 5.92 Å². The van der Waals surface area contributed by atoms with E-state index < -0.39 is 0 Å². The fraction of sp³-hybridized carbons (Fsp3) is 0.538. The minimum absolute atomic E-state index is 0.0670. The molecule has 0 aromatic heterocycles. The van der Waals surface area contributed by atoms with Gasteiger partial charge in [-0.2, -0.15) is 0 Å². The second-order valence-electron chi connectivity index (χ2n) is 17.4. The van der Waals surface area contributed by atoms with E-state index in [-0.39, 0.29) is 5.41 Å². The summed E-state index contributed by atoms with van der Waals surface area (Å²) in [6, 6.07) is 25.1. The Labute approximate surface area is 341 Å². The molecular weight excluding hydrogens is 685 g/mol. The van der Waals surface area contributed by atoms with Crippen LogP contribution in [0.4, 0.5) is 11.4 Å². The molecule has 1 aliphatic carbocycles. The Morgan fingerprint density at radius 3 is 1.25 bits per heavy atom. The number of rotatable bonds is 23. The second kappa shape index (κ2) is 22.1. The lowest BCUT2D eigenvalue weighted by Crippen LogP contribution is -2.35. The molecule has 1 atom stereocenters. The van der Waals surface area contributed by atoms with Gasteiger partial charge in [0.25, 0.3) is 0 Å². The third-order valence-electron chi connectivity index (χ3n) is 12.5. The van der Waals surface area contributed by atoms with Gasteiger partial charge in [-0.15, -0.1) is 0 Å². The summed E-state index contributed by atoms with van der Waals surface area (Å²) in [6.07, 6.45) is 28.9. The molecule has 4 aromatic rings. The van der Waals surface area contributed by atoms with Gasteiger partial charge in [0.1, 0.15) is 23.0 Å². The van der Waals surface area contributed by atoms with Gasteiger partial charge in [-0.25, -0.2) is 0 Å². The molecule has 1 aliphatic rings. The molecule has 1 fully saturated rings. The second-order valence-corrected chi connectivity index (χ2v) is 17.4. The summed E-state index contributed by atoms with van der Waals surface area (Å²) in [7, 11) is 0. The number of anilines is 2. The van der Waals surface area contributed by atoms with Crippen molar-refractivity contribution in [2.75, 3.05) is 11.5 Å². The van der Waals surface area contributed by atoms with Crippen LogP contribution in [0.25, 0.3) is 0 Å². The molecule has 304 valence electrons. The topological polar surface area (TPSA) is 70.5 Å². The third kappa shape index (κ3) is 12.5. The molecule has 1 unspecified atom stereocenters. The predicted octanol–water partition coefficient (Wildman–Crippen LogP) is 15.8. The van der Waals surface area contributed by atoms with Crippen LogP contribution in [-0.2, 0) is 5.41 Å². The van der Waals surface area contributed by atoms with Crippen molar-refractivity contribution in [2.45, 2.75) is 175 Å². The van der Waals surface area contributed by atoms with E-state index in [1.54, 1.807) is 0 Å². The molecule has 4 N–H and O–H groups in total. The van der Waals surface area contributed by atoms with E-state index in [2.05, 4.69) is 58.9 Å². The summed E-state index contributed by atoms with van der Waals surface area (Å²) in [6.45, 7) is 11.1. The fourth-order valence-corrected chi connectivity index (χ4v) is 9.39. The summed E-state index contributed by atoms with van der Waals surface area (Å²) >= 11 is 0. The number of hydrogen-bond donors (Lipinski definition) is 2. The van der Waals surface area contributed by atoms with E-state index in [1.165, 1.54) is 162 Å². The van der Waals surface area contributed by atoms with E-state index in [4.69, 9.17) is 20.9 Å². The van der Waals surface area contributed by atoms with Crippen LogP contribution >= 0.6 is 0 Å². The van der Waals surface area contributed by atoms with Crippen LogP contribution in [0.5, 0.6) is 23.0 Å². The molecule has 0 heterocycles. The van der Waals surface area contributed by atoms with Crippen LogP contribution in [0.15, 0.2) is 72.8 Å². The number of aryl methyl sites for hydroxylation is 4. The van der Waals surface area contributed by atoms with Crippen LogP contribution in [0.1, 0.15) is 175 Å². The highest BCUT2D eigenvalue weighted by Crippen LogP contribution is 2.51. The van der Waals surface area contributed by atoms with Crippen molar-refractivity contribution in [3.05, 3.63) is 106 Å². The maximum Gasteiger partial charge on any atom is 0.133 e. The first-order chi connectivity index (χ1) is 27.2. The average molecular weight is 759 g/mol. The molecule has 4 heteroatoms. The van der Waals surface area contributed by atoms with E-state index in [9.17, 15) is 0 Å². The molecule has 0 amide bonds. The average Bonchev–Trinajstić information content (AvgIpc) is 3.19. The Hall–Kier alpha value is -3.92. The van der Waals surface area contributed by atoms with Crippen molar-refractivity contribution in [2.24, 2.45) is 5.92 Å². The first-order valence-corrected chi connectivity index (χ1v) is 22.5. The van der Waals surface area contributed by atoms with Gasteiger partial charge in [-0.05, 0) is 128 Å². The van der Waals surface area contributed by atoms with Gasteiger partial charge < -0.3 is 20.9 Å². The highest BCUT2D eigenvalue weighted by Gasteiger charge is 2.40. The summed E-state index contributed by atoms with van der Waals surface area (Å²) in [5.41, 5.74) is 20.9. The lowest BCUT2D eigenvalue weighted by Gasteiger charge is -2.43.